The molecule has 0 radical (unpaired) electrons. The zero-order valence-electron chi connectivity index (χ0n) is 13.6. The van der Waals surface area contributed by atoms with Gasteiger partial charge in [-0.2, -0.15) is 0 Å². The van der Waals surface area contributed by atoms with Gasteiger partial charge < -0.3 is 0 Å². The molecule has 2 heterocycles. The molecule has 0 aromatic heterocycles. The van der Waals surface area contributed by atoms with Crippen LogP contribution in [0.4, 0.5) is 16.2 Å². The van der Waals surface area contributed by atoms with Gasteiger partial charge in [0.1, 0.15) is 0 Å². The van der Waals surface area contributed by atoms with Crippen LogP contribution in [0.1, 0.15) is 5.56 Å². The van der Waals surface area contributed by atoms with E-state index in [0.717, 1.165) is 15.7 Å². The predicted octanol–water partition coefficient (Wildman–Crippen LogP) is 3.37. The zero-order valence-corrected chi connectivity index (χ0v) is 16.0. The van der Waals surface area contributed by atoms with Gasteiger partial charge in [-0.15, -0.1) is 0 Å². The first-order chi connectivity index (χ1) is 11.9. The molecular formula is C18H17BrN2O3S. The molecule has 2 fully saturated rings. The number of rotatable bonds is 2. The van der Waals surface area contributed by atoms with Crippen molar-refractivity contribution in [1.82, 2.24) is 0 Å². The Morgan fingerprint density at radius 2 is 1.52 bits per heavy atom. The molecule has 2 aliphatic heterocycles. The second-order valence-corrected chi connectivity index (χ2v) is 9.62. The van der Waals surface area contributed by atoms with Gasteiger partial charge in [-0.1, -0.05) is 34.1 Å². The van der Waals surface area contributed by atoms with Crippen molar-refractivity contribution in [2.45, 2.75) is 19.0 Å². The Labute approximate surface area is 155 Å². The normalized spacial score (nSPS) is 24.6. The lowest BCUT2D eigenvalue weighted by Crippen LogP contribution is -2.37. The number of amides is 2. The van der Waals surface area contributed by atoms with Crippen LogP contribution in [0.3, 0.4) is 0 Å². The van der Waals surface area contributed by atoms with E-state index in [0.29, 0.717) is 5.69 Å². The van der Waals surface area contributed by atoms with Gasteiger partial charge in [0, 0.05) is 15.8 Å². The number of fused-ring (bicyclic) bond motifs is 1. The summed E-state index contributed by atoms with van der Waals surface area (Å²) in [7, 11) is -3.18. The van der Waals surface area contributed by atoms with Crippen LogP contribution in [0.15, 0.2) is 53.0 Å². The number of sulfone groups is 1. The molecule has 0 N–H and O–H groups in total. The number of hydrogen-bond acceptors (Lipinski definition) is 3. The van der Waals surface area contributed by atoms with Crippen molar-refractivity contribution in [3.63, 3.8) is 0 Å². The van der Waals surface area contributed by atoms with Crippen LogP contribution in [0.25, 0.3) is 0 Å². The van der Waals surface area contributed by atoms with Gasteiger partial charge in [-0.25, -0.2) is 13.2 Å². The topological polar surface area (TPSA) is 57.7 Å². The fourth-order valence-electron chi connectivity index (χ4n) is 3.71. The Balaban J connectivity index is 1.83. The Morgan fingerprint density at radius 3 is 2.08 bits per heavy atom. The quantitative estimate of drug-likeness (QED) is 0.699. The van der Waals surface area contributed by atoms with E-state index in [9.17, 15) is 13.2 Å². The maximum atomic E-state index is 13.2. The van der Waals surface area contributed by atoms with Crippen molar-refractivity contribution in [2.24, 2.45) is 0 Å². The van der Waals surface area contributed by atoms with Crippen LogP contribution in [0.2, 0.25) is 0 Å². The molecule has 5 nitrogen and oxygen atoms in total. The molecule has 2 amide bonds. The second-order valence-electron chi connectivity index (χ2n) is 6.55. The number of anilines is 2. The van der Waals surface area contributed by atoms with E-state index in [1.54, 1.807) is 9.80 Å². The Kier molecular flexibility index (Phi) is 3.88. The van der Waals surface area contributed by atoms with E-state index >= 15 is 0 Å². The van der Waals surface area contributed by atoms with E-state index in [-0.39, 0.29) is 29.6 Å². The highest BCUT2D eigenvalue weighted by Gasteiger charge is 2.54. The summed E-state index contributed by atoms with van der Waals surface area (Å²) in [4.78, 5) is 16.5. The number of nitrogens with zero attached hydrogens (tertiary/aromatic N) is 2. The molecule has 2 aromatic carbocycles. The Bertz CT molecular complexity index is 891. The molecule has 2 atom stereocenters. The summed E-state index contributed by atoms with van der Waals surface area (Å²) < 4.78 is 25.4. The summed E-state index contributed by atoms with van der Waals surface area (Å²) >= 11 is 3.42. The number of urea groups is 1. The lowest BCUT2D eigenvalue weighted by atomic mass is 10.1. The van der Waals surface area contributed by atoms with Crippen LogP contribution >= 0.6 is 15.9 Å². The molecule has 2 saturated heterocycles. The molecule has 0 unspecified atom stereocenters. The molecule has 0 saturated carbocycles. The molecular weight excluding hydrogens is 404 g/mol. The van der Waals surface area contributed by atoms with Crippen LogP contribution in [0.5, 0.6) is 0 Å². The minimum atomic E-state index is -3.18. The van der Waals surface area contributed by atoms with Crippen molar-refractivity contribution in [3.8, 4) is 0 Å². The first-order valence-electron chi connectivity index (χ1n) is 8.01. The summed E-state index contributed by atoms with van der Waals surface area (Å²) in [5.74, 6) is 0.0000868. The van der Waals surface area contributed by atoms with Gasteiger partial charge in [0.05, 0.1) is 23.6 Å². The molecule has 0 aliphatic carbocycles. The van der Waals surface area contributed by atoms with Crippen LogP contribution < -0.4 is 9.80 Å². The van der Waals surface area contributed by atoms with Crippen LogP contribution in [0, 0.1) is 6.92 Å². The molecule has 25 heavy (non-hydrogen) atoms. The summed E-state index contributed by atoms with van der Waals surface area (Å²) in [5.41, 5.74) is 2.49. The Hall–Kier alpha value is -1.86. The van der Waals surface area contributed by atoms with Crippen molar-refractivity contribution < 1.29 is 13.2 Å². The van der Waals surface area contributed by atoms with E-state index < -0.39 is 9.84 Å². The second kappa shape index (κ2) is 5.85. The predicted molar refractivity (Wildman–Crippen MR) is 102 cm³/mol. The maximum absolute atomic E-state index is 13.2. The van der Waals surface area contributed by atoms with Gasteiger partial charge in [-0.05, 0) is 42.8 Å². The molecule has 4 rings (SSSR count). The first-order valence-corrected chi connectivity index (χ1v) is 10.6. The van der Waals surface area contributed by atoms with E-state index in [1.807, 2.05) is 55.5 Å². The van der Waals surface area contributed by atoms with Crippen LogP contribution in [-0.4, -0.2) is 38.0 Å². The summed E-state index contributed by atoms with van der Waals surface area (Å²) in [6, 6.07) is 14.1. The highest BCUT2D eigenvalue weighted by molar-refractivity contribution is 9.10. The van der Waals surface area contributed by atoms with Crippen molar-refractivity contribution in [3.05, 3.63) is 58.6 Å². The SMILES string of the molecule is Cc1cccc(N2C(=O)N(c3cccc(Br)c3)[C@H]3CS(=O)(=O)C[C@H]32)c1. The fraction of sp³-hybridized carbons (Fsp3) is 0.278. The van der Waals surface area contributed by atoms with Gasteiger partial charge >= 0.3 is 6.03 Å². The zero-order chi connectivity index (χ0) is 17.8. The monoisotopic (exact) mass is 420 g/mol. The minimum absolute atomic E-state index is 0.00175. The first kappa shape index (κ1) is 16.6. The highest BCUT2D eigenvalue weighted by atomic mass is 79.9. The largest absolute Gasteiger partial charge is 0.329 e. The molecule has 2 aromatic rings. The third-order valence-corrected chi connectivity index (χ3v) is 6.93. The number of hydrogen-bond donors (Lipinski definition) is 0. The van der Waals surface area contributed by atoms with Gasteiger partial charge in [0.2, 0.25) is 0 Å². The number of carbonyl (C=O) groups is 1. The molecule has 7 heteroatoms. The fourth-order valence-corrected chi connectivity index (χ4v) is 6.02. The third kappa shape index (κ3) is 2.85. The van der Waals surface area contributed by atoms with E-state index in [2.05, 4.69) is 15.9 Å². The molecule has 0 bridgehead atoms. The lowest BCUT2D eigenvalue weighted by Gasteiger charge is -2.23. The average Bonchev–Trinajstić information content (AvgIpc) is 2.95. The summed E-state index contributed by atoms with van der Waals surface area (Å²) in [5, 5.41) is 0. The van der Waals surface area contributed by atoms with E-state index in [4.69, 9.17) is 0 Å². The maximum Gasteiger partial charge on any atom is 0.329 e. The van der Waals surface area contributed by atoms with Gasteiger partial charge in [0.15, 0.2) is 9.84 Å². The van der Waals surface area contributed by atoms with Gasteiger partial charge in [0.25, 0.3) is 0 Å². The molecule has 0 spiro atoms. The van der Waals surface area contributed by atoms with Crippen molar-refractivity contribution in [1.29, 1.82) is 0 Å². The van der Waals surface area contributed by atoms with Crippen molar-refractivity contribution in [2.75, 3.05) is 21.3 Å². The molecule has 2 aliphatic rings. The Morgan fingerprint density at radius 1 is 0.960 bits per heavy atom. The number of halogens is 1. The third-order valence-electron chi connectivity index (χ3n) is 4.74. The minimum Gasteiger partial charge on any atom is -0.288 e. The van der Waals surface area contributed by atoms with Gasteiger partial charge in [-0.3, -0.25) is 9.80 Å². The summed E-state index contributed by atoms with van der Waals surface area (Å²) in [6.45, 7) is 1.96. The number of carbonyl (C=O) groups excluding carboxylic acids is 1. The smallest absolute Gasteiger partial charge is 0.288 e. The summed E-state index contributed by atoms with van der Waals surface area (Å²) in [6.07, 6.45) is 0. The van der Waals surface area contributed by atoms with Crippen LogP contribution in [-0.2, 0) is 9.84 Å². The standard InChI is InChI=1S/C18H17BrN2O3S/c1-12-4-2-6-14(8-12)20-16-10-25(23,24)11-17(16)21(18(20)22)15-7-3-5-13(19)9-15/h2-9,16-17H,10-11H2,1H3/t16-,17+/m1/s1. The lowest BCUT2D eigenvalue weighted by molar-refractivity contribution is 0.255. The molecule has 130 valence electrons. The average molecular weight is 421 g/mol. The number of benzene rings is 2. The highest BCUT2D eigenvalue weighted by Crippen LogP contribution is 2.38. The number of aryl methyl sites for hydroxylation is 1. The van der Waals surface area contributed by atoms with Crippen molar-refractivity contribution >= 4 is 43.2 Å². The van der Waals surface area contributed by atoms with E-state index in [1.165, 1.54) is 0 Å².